The Morgan fingerprint density at radius 2 is 1.53 bits per heavy atom. The van der Waals surface area contributed by atoms with Crippen molar-refractivity contribution in [3.8, 4) is 0 Å². The Morgan fingerprint density at radius 1 is 0.906 bits per heavy atom. The fraction of sp³-hybridized carbons (Fsp3) is 0.778. The third-order valence-corrected chi connectivity index (χ3v) is 14.1. The summed E-state index contributed by atoms with van der Waals surface area (Å²) in [6.07, 6.45) is 7.05. The molecule has 7 atom stereocenters. The minimum Gasteiger partial charge on any atom is -0.386 e. The molecular weight excluding hydrogens is 927 g/mol. The highest BCUT2D eigenvalue weighted by Crippen LogP contribution is 2.61. The number of amides is 2. The largest absolute Gasteiger partial charge is 0.481 e. The molecule has 28 heteroatoms. The predicted molar refractivity (Wildman–Crippen MR) is 233 cm³/mol. The van der Waals surface area contributed by atoms with Gasteiger partial charge in [-0.2, -0.15) is 16.1 Å². The average Bonchev–Trinajstić information content (AvgIpc) is 3.77. The lowest BCUT2D eigenvalue weighted by molar-refractivity contribution is -0.137. The van der Waals surface area contributed by atoms with Crippen molar-refractivity contribution in [2.24, 2.45) is 5.41 Å². The molecule has 3 rings (SSSR count). The summed E-state index contributed by atoms with van der Waals surface area (Å²) < 4.78 is 62.4. The molecule has 2 amide bonds. The second-order valence-electron chi connectivity index (χ2n) is 15.9. The third-order valence-electron chi connectivity index (χ3n) is 9.97. The van der Waals surface area contributed by atoms with E-state index < -0.39 is 78.6 Å². The number of phosphoric acid groups is 3. The Bertz CT molecular complexity index is 1940. The lowest BCUT2D eigenvalue weighted by atomic mass is 9.87. The molecule has 0 aromatic carbocycles. The van der Waals surface area contributed by atoms with Gasteiger partial charge in [0, 0.05) is 37.1 Å². The summed E-state index contributed by atoms with van der Waals surface area (Å²) in [6, 6.07) is 0. The van der Waals surface area contributed by atoms with E-state index in [-0.39, 0.29) is 41.6 Å². The summed E-state index contributed by atoms with van der Waals surface area (Å²) in [7, 11) is -16.4. The maximum Gasteiger partial charge on any atom is 0.481 e. The Morgan fingerprint density at radius 3 is 2.17 bits per heavy atom. The van der Waals surface area contributed by atoms with Gasteiger partial charge < -0.3 is 50.9 Å². The smallest absolute Gasteiger partial charge is 0.386 e. The Balaban J connectivity index is 1.34. The minimum absolute atomic E-state index is 0.0343. The van der Waals surface area contributed by atoms with Crippen molar-refractivity contribution in [3.05, 3.63) is 12.7 Å². The van der Waals surface area contributed by atoms with Crippen molar-refractivity contribution in [2.45, 2.75) is 135 Å². The first-order chi connectivity index (χ1) is 30.1. The number of Topliss-reactive ketones (excluding diaryl/α,β-unsaturated/α-hetero) is 1. The number of ketones is 1. The normalized spacial score (nSPS) is 20.5. The van der Waals surface area contributed by atoms with E-state index in [4.69, 9.17) is 19.5 Å². The molecule has 3 heterocycles. The number of rotatable bonds is 33. The molecule has 10 N–H and O–H groups in total. The van der Waals surface area contributed by atoms with Gasteiger partial charge in [0.25, 0.3) is 0 Å². The number of phosphoric ester groups is 3. The van der Waals surface area contributed by atoms with E-state index >= 15 is 0 Å². The number of hydrogen-bond acceptors (Lipinski definition) is 18. The first kappa shape index (κ1) is 55.9. The highest BCUT2D eigenvalue weighted by Gasteiger charge is 2.50. The van der Waals surface area contributed by atoms with Crippen LogP contribution >= 0.6 is 35.2 Å². The van der Waals surface area contributed by atoms with Crippen LogP contribution in [0.15, 0.2) is 12.7 Å². The van der Waals surface area contributed by atoms with Crippen molar-refractivity contribution < 1.29 is 80.5 Å². The predicted octanol–water partition coefficient (Wildman–Crippen LogP) is 3.41. The zero-order valence-corrected chi connectivity index (χ0v) is 39.8. The van der Waals surface area contributed by atoms with E-state index in [9.17, 15) is 57.9 Å². The SMILES string of the molecule is CCCCCCCCCCCCCC(=O)CSCCNC(=O)CCNC(=O)C(O)C(C)(C)COP(=O)(O)OP(=O)(O)OCC1OC(n2cnc3c(N)ncnc32)C(O)C1OP(=O)(O)O. The van der Waals surface area contributed by atoms with E-state index in [1.165, 1.54) is 77.0 Å². The van der Waals surface area contributed by atoms with Gasteiger partial charge in [-0.1, -0.05) is 85.0 Å². The topological polar surface area (TPSA) is 364 Å². The number of aliphatic hydroxyl groups is 2. The number of aliphatic hydroxyl groups excluding tert-OH is 2. The molecule has 0 saturated carbocycles. The highest BCUT2D eigenvalue weighted by molar-refractivity contribution is 7.99. The fourth-order valence-corrected chi connectivity index (χ4v) is 10.0. The van der Waals surface area contributed by atoms with Gasteiger partial charge >= 0.3 is 23.5 Å². The molecule has 1 aliphatic heterocycles. The molecule has 1 saturated heterocycles. The quantitative estimate of drug-likeness (QED) is 0.0365. The number of anilines is 1. The van der Waals surface area contributed by atoms with Gasteiger partial charge in [-0.15, -0.1) is 0 Å². The molecule has 7 unspecified atom stereocenters. The first-order valence-corrected chi connectivity index (χ1v) is 26.7. The van der Waals surface area contributed by atoms with E-state index in [0.717, 1.165) is 36.5 Å². The Labute approximate surface area is 376 Å². The second kappa shape index (κ2) is 26.8. The molecule has 1 aliphatic rings. The van der Waals surface area contributed by atoms with E-state index in [2.05, 4.69) is 41.3 Å². The van der Waals surface area contributed by atoms with Crippen molar-refractivity contribution >= 4 is 69.8 Å². The number of nitrogens with two attached hydrogens (primary N) is 1. The van der Waals surface area contributed by atoms with Crippen LogP contribution in [0.3, 0.4) is 0 Å². The van der Waals surface area contributed by atoms with Crippen LogP contribution in [-0.4, -0.2) is 129 Å². The van der Waals surface area contributed by atoms with Crippen LogP contribution < -0.4 is 16.4 Å². The molecular formula is C36H64N7O17P3S. The van der Waals surface area contributed by atoms with Gasteiger partial charge in [-0.3, -0.25) is 32.5 Å². The van der Waals surface area contributed by atoms with Gasteiger partial charge in [0.1, 0.15) is 42.0 Å². The number of thioether (sulfide) groups is 1. The maximum absolute atomic E-state index is 12.7. The third kappa shape index (κ3) is 19.8. The molecule has 24 nitrogen and oxygen atoms in total. The van der Waals surface area contributed by atoms with Gasteiger partial charge in [0.15, 0.2) is 17.7 Å². The summed E-state index contributed by atoms with van der Waals surface area (Å²) in [5.74, 6) is -0.303. The van der Waals surface area contributed by atoms with Gasteiger partial charge in [-0.05, 0) is 6.42 Å². The van der Waals surface area contributed by atoms with Gasteiger partial charge in [-0.25, -0.2) is 28.6 Å². The van der Waals surface area contributed by atoms with Crippen LogP contribution in [0.4, 0.5) is 5.82 Å². The van der Waals surface area contributed by atoms with E-state index in [1.54, 1.807) is 0 Å². The zero-order valence-electron chi connectivity index (χ0n) is 36.3. The average molecular weight is 992 g/mol. The van der Waals surface area contributed by atoms with E-state index in [0.29, 0.717) is 24.5 Å². The molecule has 64 heavy (non-hydrogen) atoms. The Hall–Kier alpha value is -2.44. The zero-order chi connectivity index (χ0) is 47.6. The number of nitrogen functional groups attached to an aromatic ring is 1. The number of unbranched alkanes of at least 4 members (excludes halogenated alkanes) is 10. The number of carbonyl (C=O) groups excluding carboxylic acids is 3. The van der Waals surface area contributed by atoms with Crippen molar-refractivity contribution in [1.29, 1.82) is 0 Å². The van der Waals surface area contributed by atoms with Crippen LogP contribution in [-0.2, 0) is 50.7 Å². The molecule has 2 aromatic rings. The first-order valence-electron chi connectivity index (χ1n) is 21.0. The minimum atomic E-state index is -5.57. The molecule has 2 aromatic heterocycles. The van der Waals surface area contributed by atoms with Crippen LogP contribution in [0.5, 0.6) is 0 Å². The molecule has 1 fully saturated rings. The van der Waals surface area contributed by atoms with Crippen LogP contribution in [0.2, 0.25) is 0 Å². The highest BCUT2D eigenvalue weighted by atomic mass is 32.2. The summed E-state index contributed by atoms with van der Waals surface area (Å²) in [5.41, 5.74) is 4.29. The number of nitrogens with one attached hydrogen (secondary N) is 2. The summed E-state index contributed by atoms with van der Waals surface area (Å²) >= 11 is 1.43. The fourth-order valence-electron chi connectivity index (χ4n) is 6.45. The standard InChI is InChI=1S/C36H64N7O17P3S/c1-4-5-6-7-8-9-10-11-12-13-14-15-25(44)21-64-19-18-38-27(45)16-17-39-34(48)31(47)36(2,3)22-57-63(54,55)60-62(52,53)56-20-26-30(59-61(49,50)51)29(46)35(58-26)43-24-42-28-32(37)40-23-41-33(28)43/h23-24,26,29-31,35,46-47H,4-22H2,1-3H3,(H,38,45)(H,39,48)(H,52,53)(H,54,55)(H2,37,40,41)(H2,49,50,51). The number of fused-ring (bicyclic) bond motifs is 1. The number of carbonyl (C=O) groups is 3. The molecule has 0 radical (unpaired) electrons. The van der Waals surface area contributed by atoms with E-state index in [1.807, 2.05) is 0 Å². The Kier molecular flexibility index (Phi) is 23.4. The van der Waals surface area contributed by atoms with Crippen molar-refractivity contribution in [2.75, 3.05) is 43.5 Å². The molecule has 0 spiro atoms. The van der Waals surface area contributed by atoms with Crippen molar-refractivity contribution in [3.63, 3.8) is 0 Å². The monoisotopic (exact) mass is 991 g/mol. The van der Waals surface area contributed by atoms with Crippen LogP contribution in [0.25, 0.3) is 11.2 Å². The summed E-state index contributed by atoms with van der Waals surface area (Å²) in [5, 5.41) is 26.6. The lowest BCUT2D eigenvalue weighted by Crippen LogP contribution is -2.46. The summed E-state index contributed by atoms with van der Waals surface area (Å²) in [4.78, 5) is 88.2. The number of ether oxygens (including phenoxy) is 1. The maximum atomic E-state index is 12.7. The summed E-state index contributed by atoms with van der Waals surface area (Å²) in [6.45, 7) is 2.89. The van der Waals surface area contributed by atoms with Crippen molar-refractivity contribution in [1.82, 2.24) is 30.2 Å². The molecule has 0 bridgehead atoms. The number of hydrogen-bond donors (Lipinski definition) is 9. The molecule has 0 aliphatic carbocycles. The number of imidazole rings is 1. The van der Waals surface area contributed by atoms with Gasteiger partial charge in [0.05, 0.1) is 25.3 Å². The number of nitrogens with zero attached hydrogens (tertiary/aromatic N) is 4. The molecule has 366 valence electrons. The van der Waals surface area contributed by atoms with Gasteiger partial charge in [0.2, 0.25) is 11.8 Å². The van der Waals surface area contributed by atoms with Crippen LogP contribution in [0.1, 0.15) is 110 Å². The second-order valence-corrected chi connectivity index (χ2v) is 21.3. The lowest BCUT2D eigenvalue weighted by Gasteiger charge is -2.30. The van der Waals surface area contributed by atoms with Crippen LogP contribution in [0, 0.1) is 5.41 Å². The number of aromatic nitrogens is 4.